The van der Waals surface area contributed by atoms with Gasteiger partial charge in [0.05, 0.1) is 0 Å². The van der Waals surface area contributed by atoms with Gasteiger partial charge in [0.1, 0.15) is 0 Å². The second-order valence-electron chi connectivity index (χ2n) is 4.65. The highest BCUT2D eigenvalue weighted by molar-refractivity contribution is 5.11. The average Bonchev–Trinajstić information content (AvgIpc) is 2.28. The minimum atomic E-state index is 0.276. The Hall–Kier alpha value is -0.930. The summed E-state index contributed by atoms with van der Waals surface area (Å²) in [7, 11) is 0. The lowest BCUT2D eigenvalue weighted by Gasteiger charge is -2.49. The molecule has 1 aromatic rings. The summed E-state index contributed by atoms with van der Waals surface area (Å²) in [5.41, 5.74) is 7.55. The molecule has 0 saturated heterocycles. The molecule has 2 N–H and O–H groups in total. The fourth-order valence-electron chi connectivity index (χ4n) is 2.56. The highest BCUT2D eigenvalue weighted by Crippen LogP contribution is 2.37. The van der Waals surface area contributed by atoms with Crippen molar-refractivity contribution in [3.8, 4) is 0 Å². The Bertz CT molecular complexity index is 314. The zero-order valence-electron chi connectivity index (χ0n) is 10.0. The van der Waals surface area contributed by atoms with Crippen molar-refractivity contribution in [3.63, 3.8) is 0 Å². The van der Waals surface area contributed by atoms with Gasteiger partial charge in [0.15, 0.2) is 0 Å². The van der Waals surface area contributed by atoms with Crippen molar-refractivity contribution in [2.45, 2.75) is 38.3 Å². The highest BCUT2D eigenvalue weighted by atomic mass is 15.2. The minimum Gasteiger partial charge on any atom is -0.329 e. The Labute approximate surface area is 97.7 Å². The van der Waals surface area contributed by atoms with Gasteiger partial charge in [-0.1, -0.05) is 6.92 Å². The maximum atomic E-state index is 5.94. The third-order valence-corrected chi connectivity index (χ3v) is 3.84. The van der Waals surface area contributed by atoms with E-state index in [9.17, 15) is 0 Å². The smallest absolute Gasteiger partial charge is 0.0335 e. The molecule has 2 rings (SSSR count). The average molecular weight is 219 g/mol. The summed E-state index contributed by atoms with van der Waals surface area (Å²) >= 11 is 0. The van der Waals surface area contributed by atoms with Crippen LogP contribution in [0.4, 0.5) is 0 Å². The summed E-state index contributed by atoms with van der Waals surface area (Å²) < 4.78 is 0. The van der Waals surface area contributed by atoms with Crippen LogP contribution >= 0.6 is 0 Å². The van der Waals surface area contributed by atoms with E-state index in [4.69, 9.17) is 5.73 Å². The van der Waals surface area contributed by atoms with Crippen LogP contribution in [0.5, 0.6) is 0 Å². The van der Waals surface area contributed by atoms with Gasteiger partial charge in [0.2, 0.25) is 0 Å². The molecule has 0 aromatic carbocycles. The maximum absolute atomic E-state index is 5.94. The molecule has 0 aliphatic heterocycles. The van der Waals surface area contributed by atoms with Crippen molar-refractivity contribution in [2.75, 3.05) is 13.1 Å². The van der Waals surface area contributed by atoms with Crippen LogP contribution in [0.3, 0.4) is 0 Å². The van der Waals surface area contributed by atoms with Gasteiger partial charge in [0.25, 0.3) is 0 Å². The molecule has 0 unspecified atom stereocenters. The largest absolute Gasteiger partial charge is 0.329 e. The number of nitrogens with zero attached hydrogens (tertiary/aromatic N) is 2. The molecule has 1 saturated carbocycles. The first-order chi connectivity index (χ1) is 7.80. The number of hydrogen-bond donors (Lipinski definition) is 1. The summed E-state index contributed by atoms with van der Waals surface area (Å²) in [6, 6.07) is 4.18. The van der Waals surface area contributed by atoms with E-state index in [1.54, 1.807) is 0 Å². The summed E-state index contributed by atoms with van der Waals surface area (Å²) in [5.74, 6) is 0. The number of hydrogen-bond acceptors (Lipinski definition) is 3. The van der Waals surface area contributed by atoms with Crippen LogP contribution in [-0.4, -0.2) is 28.5 Å². The van der Waals surface area contributed by atoms with E-state index >= 15 is 0 Å². The first-order valence-electron chi connectivity index (χ1n) is 6.15. The van der Waals surface area contributed by atoms with Gasteiger partial charge < -0.3 is 5.73 Å². The van der Waals surface area contributed by atoms with E-state index in [1.165, 1.54) is 24.8 Å². The Balaban J connectivity index is 2.06. The zero-order valence-corrected chi connectivity index (χ0v) is 10.0. The normalized spacial score (nSPS) is 18.4. The molecule has 0 spiro atoms. The van der Waals surface area contributed by atoms with Gasteiger partial charge in [-0.05, 0) is 43.5 Å². The molecule has 0 bridgehead atoms. The summed E-state index contributed by atoms with van der Waals surface area (Å²) in [5, 5.41) is 0. The predicted molar refractivity (Wildman–Crippen MR) is 66.0 cm³/mol. The molecule has 16 heavy (non-hydrogen) atoms. The van der Waals surface area contributed by atoms with Crippen molar-refractivity contribution in [1.82, 2.24) is 9.88 Å². The van der Waals surface area contributed by atoms with Gasteiger partial charge in [0, 0.05) is 31.0 Å². The van der Waals surface area contributed by atoms with Gasteiger partial charge in [-0.25, -0.2) is 0 Å². The Morgan fingerprint density at radius 2 is 2.06 bits per heavy atom. The van der Waals surface area contributed by atoms with Crippen LogP contribution in [0, 0.1) is 0 Å². The Kier molecular flexibility index (Phi) is 3.56. The molecule has 3 nitrogen and oxygen atoms in total. The number of nitrogens with two attached hydrogens (primary N) is 1. The fourth-order valence-corrected chi connectivity index (χ4v) is 2.56. The van der Waals surface area contributed by atoms with Crippen LogP contribution < -0.4 is 5.73 Å². The van der Waals surface area contributed by atoms with E-state index in [-0.39, 0.29) is 5.54 Å². The molecule has 3 heteroatoms. The number of aromatic nitrogens is 1. The van der Waals surface area contributed by atoms with Crippen LogP contribution in [0.1, 0.15) is 31.7 Å². The van der Waals surface area contributed by atoms with Gasteiger partial charge in [-0.15, -0.1) is 0 Å². The van der Waals surface area contributed by atoms with Gasteiger partial charge in [-0.3, -0.25) is 9.88 Å². The Morgan fingerprint density at radius 3 is 2.50 bits per heavy atom. The van der Waals surface area contributed by atoms with Gasteiger partial charge in [-0.2, -0.15) is 0 Å². The second-order valence-corrected chi connectivity index (χ2v) is 4.65. The first-order valence-corrected chi connectivity index (χ1v) is 6.15. The molecular formula is C13H21N3. The van der Waals surface area contributed by atoms with E-state index in [0.717, 1.165) is 19.6 Å². The second kappa shape index (κ2) is 4.93. The monoisotopic (exact) mass is 219 g/mol. The quantitative estimate of drug-likeness (QED) is 0.821. The fraction of sp³-hybridized carbons (Fsp3) is 0.615. The molecule has 1 heterocycles. The van der Waals surface area contributed by atoms with Gasteiger partial charge >= 0.3 is 0 Å². The molecular weight excluding hydrogens is 198 g/mol. The number of pyridine rings is 1. The Morgan fingerprint density at radius 1 is 1.38 bits per heavy atom. The van der Waals surface area contributed by atoms with Crippen LogP contribution in [-0.2, 0) is 6.54 Å². The van der Waals surface area contributed by atoms with Crippen LogP contribution in [0.25, 0.3) is 0 Å². The van der Waals surface area contributed by atoms with E-state index in [0.29, 0.717) is 0 Å². The molecule has 0 radical (unpaired) electrons. The molecule has 1 aromatic heterocycles. The van der Waals surface area contributed by atoms with E-state index in [1.807, 2.05) is 12.4 Å². The lowest BCUT2D eigenvalue weighted by atomic mass is 9.75. The number of rotatable bonds is 5. The molecule has 1 aliphatic carbocycles. The lowest BCUT2D eigenvalue weighted by Crippen LogP contribution is -2.57. The SMILES string of the molecule is CCN(Cc1ccncc1)C1(CN)CCC1. The zero-order chi connectivity index (χ0) is 11.4. The van der Waals surface area contributed by atoms with Crippen molar-refractivity contribution in [3.05, 3.63) is 30.1 Å². The topological polar surface area (TPSA) is 42.2 Å². The molecule has 0 atom stereocenters. The lowest BCUT2D eigenvalue weighted by molar-refractivity contribution is 0.0208. The summed E-state index contributed by atoms with van der Waals surface area (Å²) in [6.45, 7) is 5.07. The molecule has 1 aliphatic rings. The molecule has 1 fully saturated rings. The minimum absolute atomic E-state index is 0.276. The molecule has 0 amide bonds. The maximum Gasteiger partial charge on any atom is 0.0335 e. The standard InChI is InChI=1S/C13H21N3/c1-2-16(13(11-14)6-3-7-13)10-12-4-8-15-9-5-12/h4-5,8-9H,2-3,6-7,10-11,14H2,1H3. The van der Waals surface area contributed by atoms with E-state index < -0.39 is 0 Å². The first kappa shape index (κ1) is 11.6. The van der Waals surface area contributed by atoms with Crippen molar-refractivity contribution in [1.29, 1.82) is 0 Å². The third-order valence-electron chi connectivity index (χ3n) is 3.84. The highest BCUT2D eigenvalue weighted by Gasteiger charge is 2.40. The third kappa shape index (κ3) is 2.11. The van der Waals surface area contributed by atoms with Crippen LogP contribution in [0.2, 0.25) is 0 Å². The predicted octanol–water partition coefficient (Wildman–Crippen LogP) is 1.78. The van der Waals surface area contributed by atoms with E-state index in [2.05, 4.69) is 28.9 Å². The van der Waals surface area contributed by atoms with Crippen molar-refractivity contribution >= 4 is 0 Å². The van der Waals surface area contributed by atoms with Crippen molar-refractivity contribution in [2.24, 2.45) is 5.73 Å². The summed E-state index contributed by atoms with van der Waals surface area (Å²) in [6.07, 6.45) is 7.55. The summed E-state index contributed by atoms with van der Waals surface area (Å²) in [4.78, 5) is 6.57. The molecule has 88 valence electrons. The number of likely N-dealkylation sites (N-methyl/N-ethyl adjacent to an activating group) is 1. The van der Waals surface area contributed by atoms with Crippen LogP contribution in [0.15, 0.2) is 24.5 Å². The van der Waals surface area contributed by atoms with Crippen molar-refractivity contribution < 1.29 is 0 Å².